The summed E-state index contributed by atoms with van der Waals surface area (Å²) >= 11 is 0. The highest BCUT2D eigenvalue weighted by Crippen LogP contribution is 2.32. The molecule has 3 aromatic carbocycles. The highest BCUT2D eigenvalue weighted by molar-refractivity contribution is 7.89. The lowest BCUT2D eigenvalue weighted by Crippen LogP contribution is -2.40. The summed E-state index contributed by atoms with van der Waals surface area (Å²) in [4.78, 5) is 12.5. The maximum Gasteiger partial charge on any atom is 0.417 e. The van der Waals surface area contributed by atoms with Gasteiger partial charge in [0.2, 0.25) is 10.0 Å². The van der Waals surface area contributed by atoms with Gasteiger partial charge < -0.3 is 9.47 Å². The molecule has 38 heavy (non-hydrogen) atoms. The van der Waals surface area contributed by atoms with Crippen LogP contribution in [0.1, 0.15) is 16.7 Å². The fraction of sp³-hybridized carbons (Fsp3) is 0.231. The Balaban J connectivity index is 1.82. The number of rotatable bonds is 11. The largest absolute Gasteiger partial charge is 0.493 e. The lowest BCUT2D eigenvalue weighted by Gasteiger charge is -2.22. The standard InChI is InChI=1S/C26H26F3N3O5S/c1-36-23-13-12-21(16-24(23)37-2)38(34,35)32(15-14-19-8-4-3-5-9-19)18-25(33)31-30-17-20-10-6-7-11-22(20)26(27,28)29/h3-13,16-17H,14-15,18H2,1-2H3,(H,31,33)/b30-17+. The third kappa shape index (κ3) is 7.33. The number of alkyl halides is 3. The molecule has 0 saturated carbocycles. The van der Waals surface area contributed by atoms with Crippen LogP contribution in [0.25, 0.3) is 0 Å². The van der Waals surface area contributed by atoms with Gasteiger partial charge >= 0.3 is 6.18 Å². The number of nitrogens with zero attached hydrogens (tertiary/aromatic N) is 2. The van der Waals surface area contributed by atoms with Crippen LogP contribution in [-0.2, 0) is 27.4 Å². The van der Waals surface area contributed by atoms with E-state index in [2.05, 4.69) is 10.5 Å². The van der Waals surface area contributed by atoms with Crippen LogP contribution in [0, 0.1) is 0 Å². The number of sulfonamides is 1. The molecule has 0 unspecified atom stereocenters. The minimum absolute atomic E-state index is 0.0469. The summed E-state index contributed by atoms with van der Waals surface area (Å²) in [6, 6.07) is 17.9. The maximum atomic E-state index is 13.5. The summed E-state index contributed by atoms with van der Waals surface area (Å²) in [5.74, 6) is -0.315. The van der Waals surface area contributed by atoms with E-state index in [0.717, 1.165) is 22.1 Å². The Morgan fingerprint density at radius 3 is 2.29 bits per heavy atom. The summed E-state index contributed by atoms with van der Waals surface area (Å²) < 4.78 is 77.9. The Morgan fingerprint density at radius 2 is 1.63 bits per heavy atom. The number of amides is 1. The number of benzene rings is 3. The van der Waals surface area contributed by atoms with Crippen LogP contribution in [0.2, 0.25) is 0 Å². The van der Waals surface area contributed by atoms with Crippen LogP contribution >= 0.6 is 0 Å². The van der Waals surface area contributed by atoms with Crippen molar-refractivity contribution in [3.05, 3.63) is 89.5 Å². The van der Waals surface area contributed by atoms with Gasteiger partial charge in [-0.15, -0.1) is 0 Å². The number of hydrazone groups is 1. The Kier molecular flexibility index (Phi) is 9.48. The first-order valence-electron chi connectivity index (χ1n) is 11.3. The Morgan fingerprint density at radius 1 is 0.974 bits per heavy atom. The summed E-state index contributed by atoms with van der Waals surface area (Å²) in [6.45, 7) is -0.670. The molecule has 0 heterocycles. The molecule has 202 valence electrons. The first kappa shape index (κ1) is 28.7. The average Bonchev–Trinajstić information content (AvgIpc) is 2.90. The maximum absolute atomic E-state index is 13.5. The van der Waals surface area contributed by atoms with Crippen molar-refractivity contribution in [1.82, 2.24) is 9.73 Å². The molecule has 12 heteroatoms. The van der Waals surface area contributed by atoms with E-state index in [1.54, 1.807) is 0 Å². The van der Waals surface area contributed by atoms with Crippen molar-refractivity contribution in [3.8, 4) is 11.5 Å². The second kappa shape index (κ2) is 12.6. The van der Waals surface area contributed by atoms with E-state index < -0.39 is 34.2 Å². The predicted molar refractivity (Wildman–Crippen MR) is 136 cm³/mol. The van der Waals surface area contributed by atoms with Gasteiger partial charge in [-0.1, -0.05) is 48.5 Å². The number of halogens is 3. The number of methoxy groups -OCH3 is 2. The molecular formula is C26H26F3N3O5S. The topological polar surface area (TPSA) is 97.3 Å². The molecule has 3 rings (SSSR count). The van der Waals surface area contributed by atoms with E-state index in [9.17, 15) is 26.4 Å². The van der Waals surface area contributed by atoms with E-state index in [-0.39, 0.29) is 22.8 Å². The fourth-order valence-corrected chi connectivity index (χ4v) is 4.96. The smallest absolute Gasteiger partial charge is 0.417 e. The molecule has 1 N–H and O–H groups in total. The molecule has 0 bridgehead atoms. The zero-order chi connectivity index (χ0) is 27.8. The van der Waals surface area contributed by atoms with Crippen LogP contribution in [0.3, 0.4) is 0 Å². The quantitative estimate of drug-likeness (QED) is 0.287. The summed E-state index contributed by atoms with van der Waals surface area (Å²) in [6.07, 6.45) is -3.44. The van der Waals surface area contributed by atoms with Crippen molar-refractivity contribution in [1.29, 1.82) is 0 Å². The summed E-state index contributed by atoms with van der Waals surface area (Å²) in [5.41, 5.74) is 1.80. The molecule has 3 aromatic rings. The molecule has 0 fully saturated rings. The summed E-state index contributed by atoms with van der Waals surface area (Å²) in [5, 5.41) is 3.61. The molecule has 0 spiro atoms. The van der Waals surface area contributed by atoms with Crippen LogP contribution in [-0.4, -0.2) is 52.2 Å². The number of hydrogen-bond donors (Lipinski definition) is 1. The van der Waals surface area contributed by atoms with E-state index in [1.165, 1.54) is 50.6 Å². The number of carbonyl (C=O) groups excluding carboxylic acids is 1. The molecule has 0 saturated heterocycles. The predicted octanol–water partition coefficient (Wildman–Crippen LogP) is 4.11. The molecule has 0 aliphatic rings. The first-order valence-corrected chi connectivity index (χ1v) is 12.7. The molecular weight excluding hydrogens is 523 g/mol. The second-order valence-electron chi connectivity index (χ2n) is 7.97. The van der Waals surface area contributed by atoms with Gasteiger partial charge in [0, 0.05) is 18.2 Å². The van der Waals surface area contributed by atoms with Gasteiger partial charge in [0.15, 0.2) is 11.5 Å². The van der Waals surface area contributed by atoms with Gasteiger partial charge in [-0.25, -0.2) is 13.8 Å². The minimum Gasteiger partial charge on any atom is -0.493 e. The normalized spacial score (nSPS) is 12.1. The third-order valence-corrected chi connectivity index (χ3v) is 7.31. The first-order chi connectivity index (χ1) is 18.1. The Hall–Kier alpha value is -3.90. The van der Waals surface area contributed by atoms with Crippen molar-refractivity contribution < 1.29 is 35.9 Å². The Bertz CT molecular complexity index is 1380. The van der Waals surface area contributed by atoms with Crippen LogP contribution < -0.4 is 14.9 Å². The molecule has 0 aliphatic heterocycles. The van der Waals surface area contributed by atoms with E-state index in [0.29, 0.717) is 12.2 Å². The molecule has 0 aromatic heterocycles. The summed E-state index contributed by atoms with van der Waals surface area (Å²) in [7, 11) is -1.41. The van der Waals surface area contributed by atoms with E-state index in [4.69, 9.17) is 9.47 Å². The number of carbonyl (C=O) groups is 1. The number of ether oxygens (including phenoxy) is 2. The van der Waals surface area contributed by atoms with Crippen molar-refractivity contribution in [2.45, 2.75) is 17.5 Å². The molecule has 0 aliphatic carbocycles. The zero-order valence-electron chi connectivity index (χ0n) is 20.6. The molecule has 0 atom stereocenters. The third-order valence-electron chi connectivity index (χ3n) is 5.46. The highest BCUT2D eigenvalue weighted by Gasteiger charge is 2.32. The van der Waals surface area contributed by atoms with Gasteiger partial charge in [0.25, 0.3) is 5.91 Å². The van der Waals surface area contributed by atoms with Crippen molar-refractivity contribution >= 4 is 22.1 Å². The SMILES string of the molecule is COc1ccc(S(=O)(=O)N(CCc2ccccc2)CC(=O)N/N=C/c2ccccc2C(F)(F)F)cc1OC. The van der Waals surface area contributed by atoms with E-state index in [1.807, 2.05) is 30.3 Å². The monoisotopic (exact) mass is 549 g/mol. The fourth-order valence-electron chi connectivity index (χ4n) is 3.55. The van der Waals surface area contributed by atoms with Crippen molar-refractivity contribution in [2.24, 2.45) is 5.10 Å². The van der Waals surface area contributed by atoms with Gasteiger partial charge in [0.05, 0.1) is 37.4 Å². The van der Waals surface area contributed by atoms with Crippen molar-refractivity contribution in [2.75, 3.05) is 27.3 Å². The van der Waals surface area contributed by atoms with Crippen LogP contribution in [0.4, 0.5) is 13.2 Å². The van der Waals surface area contributed by atoms with Gasteiger partial charge in [-0.2, -0.15) is 22.6 Å². The molecule has 0 radical (unpaired) electrons. The number of nitrogens with one attached hydrogen (secondary N) is 1. The van der Waals surface area contributed by atoms with Gasteiger partial charge in [-0.3, -0.25) is 4.79 Å². The molecule has 8 nitrogen and oxygen atoms in total. The highest BCUT2D eigenvalue weighted by atomic mass is 32.2. The van der Waals surface area contributed by atoms with Crippen LogP contribution in [0.5, 0.6) is 11.5 Å². The lowest BCUT2D eigenvalue weighted by atomic mass is 10.1. The van der Waals surface area contributed by atoms with Gasteiger partial charge in [0.1, 0.15) is 0 Å². The lowest BCUT2D eigenvalue weighted by molar-refractivity contribution is -0.137. The van der Waals surface area contributed by atoms with Gasteiger partial charge in [-0.05, 0) is 30.2 Å². The van der Waals surface area contributed by atoms with Crippen molar-refractivity contribution in [3.63, 3.8) is 0 Å². The second-order valence-corrected chi connectivity index (χ2v) is 9.91. The number of hydrogen-bond acceptors (Lipinski definition) is 6. The van der Waals surface area contributed by atoms with Crippen LogP contribution in [0.15, 0.2) is 82.8 Å². The van der Waals surface area contributed by atoms with E-state index >= 15 is 0 Å². The Labute approximate surface area is 218 Å². The minimum atomic E-state index is -4.60. The molecule has 1 amide bonds. The zero-order valence-corrected chi connectivity index (χ0v) is 21.4. The average molecular weight is 550 g/mol.